The molecule has 25 heavy (non-hydrogen) atoms. The molecule has 0 spiro atoms. The Morgan fingerprint density at radius 3 is 2.72 bits per heavy atom. The molecule has 0 aromatic heterocycles. The van der Waals surface area contributed by atoms with Gasteiger partial charge in [0.2, 0.25) is 5.91 Å². The monoisotopic (exact) mass is 367 g/mol. The minimum Gasteiger partial charge on any atom is -0.484 e. The quantitative estimate of drug-likeness (QED) is 0.773. The van der Waals surface area contributed by atoms with Gasteiger partial charge in [0, 0.05) is 18.0 Å². The van der Waals surface area contributed by atoms with Crippen molar-refractivity contribution < 1.29 is 19.1 Å². The lowest BCUT2D eigenvalue weighted by Crippen LogP contribution is -2.48. The number of hydrogen-bond donors (Lipinski definition) is 2. The SMILES string of the molecule is Cc1cc(OCC(=O)NNC(=O)CN2CCCCCC2=O)ccc1Cl. The molecule has 2 rings (SSSR count). The molecule has 0 atom stereocenters. The molecule has 3 amide bonds. The second-order valence-electron chi connectivity index (χ2n) is 5.92. The van der Waals surface area contributed by atoms with Crippen molar-refractivity contribution >= 4 is 29.3 Å². The van der Waals surface area contributed by atoms with Crippen molar-refractivity contribution in [1.29, 1.82) is 0 Å². The molecular weight excluding hydrogens is 346 g/mol. The summed E-state index contributed by atoms with van der Waals surface area (Å²) in [5.41, 5.74) is 5.41. The molecule has 1 aromatic carbocycles. The predicted octanol–water partition coefficient (Wildman–Crippen LogP) is 1.58. The van der Waals surface area contributed by atoms with Crippen molar-refractivity contribution in [3.63, 3.8) is 0 Å². The van der Waals surface area contributed by atoms with Crippen LogP contribution >= 0.6 is 11.6 Å². The number of amides is 3. The van der Waals surface area contributed by atoms with E-state index < -0.39 is 11.8 Å². The molecule has 7 nitrogen and oxygen atoms in total. The van der Waals surface area contributed by atoms with E-state index in [4.69, 9.17) is 16.3 Å². The fourth-order valence-electron chi connectivity index (χ4n) is 2.45. The van der Waals surface area contributed by atoms with E-state index in [9.17, 15) is 14.4 Å². The van der Waals surface area contributed by atoms with Gasteiger partial charge in [-0.15, -0.1) is 0 Å². The Morgan fingerprint density at radius 2 is 1.96 bits per heavy atom. The molecule has 0 radical (unpaired) electrons. The van der Waals surface area contributed by atoms with Crippen LogP contribution in [0.5, 0.6) is 5.75 Å². The molecule has 1 aromatic rings. The van der Waals surface area contributed by atoms with E-state index in [-0.39, 0.29) is 19.1 Å². The van der Waals surface area contributed by atoms with Crippen LogP contribution in [0.1, 0.15) is 31.2 Å². The van der Waals surface area contributed by atoms with Crippen LogP contribution in [0, 0.1) is 6.92 Å². The summed E-state index contributed by atoms with van der Waals surface area (Å²) in [5.74, 6) is -0.451. The standard InChI is InChI=1S/C17H22ClN3O4/c1-12-9-13(6-7-14(12)18)25-11-16(23)20-19-15(22)10-21-8-4-2-3-5-17(21)24/h6-7,9H,2-5,8,10-11H2,1H3,(H,19,22)(H,20,23). The van der Waals surface area contributed by atoms with Gasteiger partial charge in [-0.3, -0.25) is 25.2 Å². The van der Waals surface area contributed by atoms with E-state index >= 15 is 0 Å². The third-order valence-corrected chi connectivity index (χ3v) is 4.27. The lowest BCUT2D eigenvalue weighted by molar-refractivity contribution is -0.136. The minimum atomic E-state index is -0.497. The van der Waals surface area contributed by atoms with Gasteiger partial charge in [0.1, 0.15) is 12.3 Å². The summed E-state index contributed by atoms with van der Waals surface area (Å²) < 4.78 is 5.33. The first-order chi connectivity index (χ1) is 12.0. The van der Waals surface area contributed by atoms with Gasteiger partial charge in [-0.2, -0.15) is 0 Å². The molecule has 136 valence electrons. The summed E-state index contributed by atoms with van der Waals surface area (Å²) in [6.45, 7) is 2.10. The number of nitrogens with one attached hydrogen (secondary N) is 2. The van der Waals surface area contributed by atoms with Crippen LogP contribution < -0.4 is 15.6 Å². The molecule has 0 aliphatic carbocycles. The zero-order valence-electron chi connectivity index (χ0n) is 14.1. The second-order valence-corrected chi connectivity index (χ2v) is 6.33. The molecule has 0 unspecified atom stereocenters. The number of ether oxygens (including phenoxy) is 1. The summed E-state index contributed by atoms with van der Waals surface area (Å²) in [6, 6.07) is 5.06. The van der Waals surface area contributed by atoms with Crippen LogP contribution in [0.3, 0.4) is 0 Å². The molecule has 8 heteroatoms. The summed E-state index contributed by atoms with van der Waals surface area (Å²) >= 11 is 5.92. The topological polar surface area (TPSA) is 87.7 Å². The molecule has 1 saturated heterocycles. The Balaban J connectivity index is 1.70. The molecule has 1 aliphatic rings. The maximum Gasteiger partial charge on any atom is 0.276 e. The maximum atomic E-state index is 11.9. The number of likely N-dealkylation sites (tertiary alicyclic amines) is 1. The Bertz CT molecular complexity index is 651. The Hall–Kier alpha value is -2.28. The van der Waals surface area contributed by atoms with Crippen molar-refractivity contribution in [1.82, 2.24) is 15.8 Å². The van der Waals surface area contributed by atoms with E-state index in [0.29, 0.717) is 23.7 Å². The largest absolute Gasteiger partial charge is 0.484 e. The van der Waals surface area contributed by atoms with Gasteiger partial charge in [0.05, 0.1) is 0 Å². The van der Waals surface area contributed by atoms with Gasteiger partial charge < -0.3 is 9.64 Å². The molecule has 0 saturated carbocycles. The van der Waals surface area contributed by atoms with Crippen LogP contribution in [0.4, 0.5) is 0 Å². The van der Waals surface area contributed by atoms with Gasteiger partial charge in [0.15, 0.2) is 6.61 Å². The van der Waals surface area contributed by atoms with Crippen molar-refractivity contribution in [2.75, 3.05) is 19.7 Å². The summed E-state index contributed by atoms with van der Waals surface area (Å²) in [7, 11) is 0. The van der Waals surface area contributed by atoms with Crippen molar-refractivity contribution in [3.8, 4) is 5.75 Å². The van der Waals surface area contributed by atoms with E-state index in [1.165, 1.54) is 4.90 Å². The zero-order chi connectivity index (χ0) is 18.2. The normalized spacial score (nSPS) is 14.6. The van der Waals surface area contributed by atoms with Crippen molar-refractivity contribution in [3.05, 3.63) is 28.8 Å². The highest BCUT2D eigenvalue weighted by atomic mass is 35.5. The number of carbonyl (C=O) groups excluding carboxylic acids is 3. The van der Waals surface area contributed by atoms with Crippen LogP contribution in [-0.4, -0.2) is 42.3 Å². The van der Waals surface area contributed by atoms with Crippen LogP contribution in [0.15, 0.2) is 18.2 Å². The number of hydrogen-bond acceptors (Lipinski definition) is 4. The van der Waals surface area contributed by atoms with E-state index in [1.54, 1.807) is 18.2 Å². The highest BCUT2D eigenvalue weighted by molar-refractivity contribution is 6.31. The molecule has 1 heterocycles. The lowest BCUT2D eigenvalue weighted by Gasteiger charge is -2.19. The highest BCUT2D eigenvalue weighted by Gasteiger charge is 2.19. The fraction of sp³-hybridized carbons (Fsp3) is 0.471. The third kappa shape index (κ3) is 6.26. The predicted molar refractivity (Wildman–Crippen MR) is 93.0 cm³/mol. The average molecular weight is 368 g/mol. The van der Waals surface area contributed by atoms with Crippen LogP contribution in [0.25, 0.3) is 0 Å². The Kier molecular flexibility index (Phi) is 7.06. The van der Waals surface area contributed by atoms with Crippen molar-refractivity contribution in [2.45, 2.75) is 32.6 Å². The smallest absolute Gasteiger partial charge is 0.276 e. The number of nitrogens with zero attached hydrogens (tertiary/aromatic N) is 1. The Morgan fingerprint density at radius 1 is 1.20 bits per heavy atom. The number of rotatable bonds is 5. The average Bonchev–Trinajstić information content (AvgIpc) is 2.79. The number of benzene rings is 1. The van der Waals surface area contributed by atoms with Crippen LogP contribution in [0.2, 0.25) is 5.02 Å². The van der Waals surface area contributed by atoms with Gasteiger partial charge >= 0.3 is 0 Å². The number of hydrazine groups is 1. The molecule has 1 aliphatic heterocycles. The maximum absolute atomic E-state index is 11.9. The molecule has 2 N–H and O–H groups in total. The first-order valence-electron chi connectivity index (χ1n) is 8.20. The van der Waals surface area contributed by atoms with E-state index in [2.05, 4.69) is 10.9 Å². The van der Waals surface area contributed by atoms with E-state index in [0.717, 1.165) is 24.8 Å². The van der Waals surface area contributed by atoms with Crippen LogP contribution in [-0.2, 0) is 14.4 Å². The Labute approximate surface area is 151 Å². The summed E-state index contributed by atoms with van der Waals surface area (Å²) in [4.78, 5) is 36.9. The number of halogens is 1. The van der Waals surface area contributed by atoms with Crippen molar-refractivity contribution in [2.24, 2.45) is 0 Å². The number of aryl methyl sites for hydroxylation is 1. The fourth-order valence-corrected chi connectivity index (χ4v) is 2.57. The highest BCUT2D eigenvalue weighted by Crippen LogP contribution is 2.20. The van der Waals surface area contributed by atoms with Gasteiger partial charge in [-0.25, -0.2) is 0 Å². The molecular formula is C17H22ClN3O4. The lowest BCUT2D eigenvalue weighted by atomic mass is 10.2. The minimum absolute atomic E-state index is 0.0274. The number of carbonyl (C=O) groups is 3. The van der Waals surface area contributed by atoms with Gasteiger partial charge in [-0.05, 0) is 43.5 Å². The van der Waals surface area contributed by atoms with E-state index in [1.807, 2.05) is 6.92 Å². The van der Waals surface area contributed by atoms with Gasteiger partial charge in [-0.1, -0.05) is 18.0 Å². The second kappa shape index (κ2) is 9.27. The van der Waals surface area contributed by atoms with Gasteiger partial charge in [0.25, 0.3) is 11.8 Å². The first kappa shape index (κ1) is 19.1. The summed E-state index contributed by atoms with van der Waals surface area (Å²) in [6.07, 6.45) is 3.20. The molecule has 0 bridgehead atoms. The molecule has 1 fully saturated rings. The third-order valence-electron chi connectivity index (χ3n) is 3.85. The first-order valence-corrected chi connectivity index (χ1v) is 8.58. The summed E-state index contributed by atoms with van der Waals surface area (Å²) in [5, 5.41) is 0.618. The zero-order valence-corrected chi connectivity index (χ0v) is 14.9.